The summed E-state index contributed by atoms with van der Waals surface area (Å²) in [5.41, 5.74) is 1.33. The second-order valence-corrected chi connectivity index (χ2v) is 7.59. The van der Waals surface area contributed by atoms with E-state index in [2.05, 4.69) is 27.4 Å². The van der Waals surface area contributed by atoms with Crippen LogP contribution in [0.2, 0.25) is 0 Å². The summed E-state index contributed by atoms with van der Waals surface area (Å²) in [5.74, 6) is -0.284. The van der Waals surface area contributed by atoms with Crippen molar-refractivity contribution in [1.29, 1.82) is 0 Å². The molecule has 3 aromatic rings. The number of carbonyl (C=O) groups excluding carboxylic acids is 1. The van der Waals surface area contributed by atoms with Gasteiger partial charge in [-0.2, -0.15) is 0 Å². The quantitative estimate of drug-likeness (QED) is 0.620. The number of carbonyl (C=O) groups is 1. The van der Waals surface area contributed by atoms with Gasteiger partial charge >= 0.3 is 5.69 Å². The maximum Gasteiger partial charge on any atom is 0.332 e. The third-order valence-electron chi connectivity index (χ3n) is 5.52. The lowest BCUT2D eigenvalue weighted by Crippen LogP contribution is -2.49. The van der Waals surface area contributed by atoms with Crippen molar-refractivity contribution in [2.24, 2.45) is 14.1 Å². The van der Waals surface area contributed by atoms with Crippen LogP contribution in [0.25, 0.3) is 11.2 Å². The zero-order valence-corrected chi connectivity index (χ0v) is 17.3. The molecule has 1 fully saturated rings. The highest BCUT2D eigenvalue weighted by Crippen LogP contribution is 2.21. The Bertz CT molecular complexity index is 1210. The van der Waals surface area contributed by atoms with Crippen molar-refractivity contribution in [2.45, 2.75) is 19.5 Å². The smallest absolute Gasteiger partial charge is 0.332 e. The molecular weight excluding hydrogens is 386 g/mol. The lowest BCUT2D eigenvalue weighted by molar-refractivity contribution is -0.116. The molecule has 10 nitrogen and oxygen atoms in total. The Kier molecular flexibility index (Phi) is 5.17. The number of fused-ring (bicyclic) bond motifs is 1. The standard InChI is InChI=1S/C20H25N7O3/c1-13-10-21-8-9-27(13)15-6-4-14(5-7-15)23-16(28)11-26-12-22-18-17(26)19(29)25(3)20(30)24(18)2/h4-7,12-13,21H,8-11H2,1-3H3,(H,23,28)/t13-/m1/s1. The van der Waals surface area contributed by atoms with E-state index < -0.39 is 11.2 Å². The third kappa shape index (κ3) is 3.50. The van der Waals surface area contributed by atoms with Crippen LogP contribution >= 0.6 is 0 Å². The normalized spacial score (nSPS) is 16.8. The van der Waals surface area contributed by atoms with Crippen molar-refractivity contribution in [3.05, 3.63) is 51.4 Å². The van der Waals surface area contributed by atoms with Crippen LogP contribution in [0.4, 0.5) is 11.4 Å². The van der Waals surface area contributed by atoms with Gasteiger partial charge in [0.2, 0.25) is 5.91 Å². The molecule has 1 aliphatic heterocycles. The summed E-state index contributed by atoms with van der Waals surface area (Å²) >= 11 is 0. The van der Waals surface area contributed by atoms with Gasteiger partial charge in [-0.3, -0.25) is 18.7 Å². The van der Waals surface area contributed by atoms with Gasteiger partial charge in [-0.25, -0.2) is 9.78 Å². The number of nitrogens with one attached hydrogen (secondary N) is 2. The monoisotopic (exact) mass is 411 g/mol. The molecule has 2 N–H and O–H groups in total. The van der Waals surface area contributed by atoms with E-state index in [9.17, 15) is 14.4 Å². The lowest BCUT2D eigenvalue weighted by Gasteiger charge is -2.36. The van der Waals surface area contributed by atoms with Crippen molar-refractivity contribution >= 4 is 28.4 Å². The molecule has 0 bridgehead atoms. The molecule has 0 aliphatic carbocycles. The van der Waals surface area contributed by atoms with E-state index >= 15 is 0 Å². The summed E-state index contributed by atoms with van der Waals surface area (Å²) in [5, 5.41) is 6.22. The molecule has 0 saturated carbocycles. The molecular formula is C20H25N7O3. The van der Waals surface area contributed by atoms with E-state index in [0.717, 1.165) is 29.9 Å². The molecule has 0 spiro atoms. The molecule has 1 saturated heterocycles. The Balaban J connectivity index is 1.50. The molecule has 0 radical (unpaired) electrons. The van der Waals surface area contributed by atoms with E-state index in [4.69, 9.17) is 0 Å². The molecule has 3 heterocycles. The highest BCUT2D eigenvalue weighted by atomic mass is 16.2. The number of hydrogen-bond donors (Lipinski definition) is 2. The van der Waals surface area contributed by atoms with Gasteiger partial charge in [0, 0.05) is 51.1 Å². The van der Waals surface area contributed by atoms with Gasteiger partial charge in [-0.1, -0.05) is 0 Å². The summed E-state index contributed by atoms with van der Waals surface area (Å²) in [6.45, 7) is 4.94. The number of piperazine rings is 1. The van der Waals surface area contributed by atoms with Crippen molar-refractivity contribution in [2.75, 3.05) is 29.9 Å². The van der Waals surface area contributed by atoms with E-state index in [1.165, 1.54) is 22.5 Å². The highest BCUT2D eigenvalue weighted by Gasteiger charge is 2.18. The first-order valence-electron chi connectivity index (χ1n) is 9.85. The van der Waals surface area contributed by atoms with Crippen LogP contribution in [0.5, 0.6) is 0 Å². The van der Waals surface area contributed by atoms with Gasteiger partial charge in [0.1, 0.15) is 6.54 Å². The molecule has 10 heteroatoms. The first-order valence-corrected chi connectivity index (χ1v) is 9.85. The average Bonchev–Trinajstić information content (AvgIpc) is 3.15. The molecule has 30 heavy (non-hydrogen) atoms. The van der Waals surface area contributed by atoms with E-state index in [1.807, 2.05) is 24.3 Å². The summed E-state index contributed by atoms with van der Waals surface area (Å²) in [7, 11) is 2.95. The van der Waals surface area contributed by atoms with Crippen LogP contribution in [0.3, 0.4) is 0 Å². The van der Waals surface area contributed by atoms with Crippen LogP contribution in [0, 0.1) is 0 Å². The maximum atomic E-state index is 12.6. The molecule has 158 valence electrons. The Labute approximate surface area is 172 Å². The molecule has 2 aromatic heterocycles. The summed E-state index contributed by atoms with van der Waals surface area (Å²) in [6.07, 6.45) is 1.40. The van der Waals surface area contributed by atoms with Gasteiger partial charge in [-0.05, 0) is 31.2 Å². The van der Waals surface area contributed by atoms with Gasteiger partial charge in [0.25, 0.3) is 5.56 Å². The maximum absolute atomic E-state index is 12.6. The molecule has 4 rings (SSSR count). The van der Waals surface area contributed by atoms with Crippen LogP contribution in [0.1, 0.15) is 6.92 Å². The van der Waals surface area contributed by atoms with Crippen LogP contribution in [-0.4, -0.2) is 50.3 Å². The number of anilines is 2. The van der Waals surface area contributed by atoms with Gasteiger partial charge in [0.05, 0.1) is 6.33 Å². The first kappa shape index (κ1) is 19.9. The first-order chi connectivity index (χ1) is 14.4. The highest BCUT2D eigenvalue weighted by molar-refractivity contribution is 5.91. The predicted molar refractivity (Wildman–Crippen MR) is 115 cm³/mol. The largest absolute Gasteiger partial charge is 0.366 e. The number of benzene rings is 1. The van der Waals surface area contributed by atoms with E-state index in [0.29, 0.717) is 11.7 Å². The van der Waals surface area contributed by atoms with Crippen LogP contribution in [-0.2, 0) is 25.4 Å². The number of rotatable bonds is 4. The Hall–Kier alpha value is -3.40. The zero-order valence-electron chi connectivity index (χ0n) is 17.3. The van der Waals surface area contributed by atoms with Crippen molar-refractivity contribution in [3.8, 4) is 0 Å². The van der Waals surface area contributed by atoms with Crippen molar-refractivity contribution in [1.82, 2.24) is 24.0 Å². The Morgan fingerprint density at radius 2 is 1.93 bits per heavy atom. The topological polar surface area (TPSA) is 106 Å². The summed E-state index contributed by atoms with van der Waals surface area (Å²) in [6, 6.07) is 8.14. The minimum absolute atomic E-state index is 0.0828. The predicted octanol–water partition coefficient (Wildman–Crippen LogP) is -0.129. The number of imidazole rings is 1. The number of aromatic nitrogens is 4. The van der Waals surface area contributed by atoms with Crippen molar-refractivity contribution in [3.63, 3.8) is 0 Å². The SMILES string of the molecule is C[C@@H]1CNCCN1c1ccc(NC(=O)Cn2cnc3c2c(=O)n(C)c(=O)n3C)cc1. The van der Waals surface area contributed by atoms with Gasteiger partial charge in [-0.15, -0.1) is 0 Å². The van der Waals surface area contributed by atoms with Crippen LogP contribution < -0.4 is 26.8 Å². The fourth-order valence-electron chi connectivity index (χ4n) is 3.83. The fourth-order valence-corrected chi connectivity index (χ4v) is 3.83. The Morgan fingerprint density at radius 3 is 2.63 bits per heavy atom. The number of aryl methyl sites for hydroxylation is 1. The Morgan fingerprint density at radius 1 is 1.20 bits per heavy atom. The summed E-state index contributed by atoms with van der Waals surface area (Å²) < 4.78 is 3.76. The molecule has 0 unspecified atom stereocenters. The molecule has 1 amide bonds. The molecule has 1 atom stereocenters. The van der Waals surface area contributed by atoms with Gasteiger partial charge < -0.3 is 20.1 Å². The minimum atomic E-state index is -0.479. The second kappa shape index (κ2) is 7.79. The second-order valence-electron chi connectivity index (χ2n) is 7.59. The number of hydrogen-bond acceptors (Lipinski definition) is 6. The van der Waals surface area contributed by atoms with E-state index in [-0.39, 0.29) is 23.6 Å². The summed E-state index contributed by atoms with van der Waals surface area (Å²) in [4.78, 5) is 43.5. The number of nitrogens with zero attached hydrogens (tertiary/aromatic N) is 5. The van der Waals surface area contributed by atoms with E-state index in [1.54, 1.807) is 7.05 Å². The molecule has 1 aliphatic rings. The zero-order chi connectivity index (χ0) is 21.4. The number of amides is 1. The fraction of sp³-hybridized carbons (Fsp3) is 0.400. The third-order valence-corrected chi connectivity index (χ3v) is 5.52. The van der Waals surface area contributed by atoms with Crippen molar-refractivity contribution < 1.29 is 4.79 Å². The average molecular weight is 411 g/mol. The molecule has 1 aromatic carbocycles. The minimum Gasteiger partial charge on any atom is -0.366 e. The van der Waals surface area contributed by atoms with Crippen LogP contribution in [0.15, 0.2) is 40.2 Å². The van der Waals surface area contributed by atoms with Gasteiger partial charge in [0.15, 0.2) is 11.2 Å². The lowest BCUT2D eigenvalue weighted by atomic mass is 10.1.